The topological polar surface area (TPSA) is 46.5 Å². The molecule has 0 aromatic rings. The second kappa shape index (κ2) is 14.1. The fourth-order valence-electron chi connectivity index (χ4n) is 2.46. The Balaban J connectivity index is 3.60. The predicted octanol–water partition coefficient (Wildman–Crippen LogP) is 6.48. The predicted molar refractivity (Wildman–Crippen MR) is 87.8 cm³/mol. The third-order valence-corrected chi connectivity index (χ3v) is 6.15. The van der Waals surface area contributed by atoms with Gasteiger partial charge in [-0.1, -0.05) is 78.1 Å². The van der Waals surface area contributed by atoms with Crippen molar-refractivity contribution in [3.05, 3.63) is 0 Å². The lowest BCUT2D eigenvalue weighted by Gasteiger charge is -2.14. The summed E-state index contributed by atoms with van der Waals surface area (Å²) in [7, 11) is -2.76. The highest BCUT2D eigenvalue weighted by atomic mass is 31.2. The number of rotatable bonds is 15. The molecule has 0 aromatic carbocycles. The highest BCUT2D eigenvalue weighted by Crippen LogP contribution is 2.47. The molecule has 0 aliphatic carbocycles. The first-order chi connectivity index (χ1) is 9.68. The van der Waals surface area contributed by atoms with Gasteiger partial charge < -0.3 is 0 Å². The summed E-state index contributed by atoms with van der Waals surface area (Å²) in [5, 5.41) is 8.90. The van der Waals surface area contributed by atoms with Gasteiger partial charge in [-0.15, -0.1) is 0 Å². The molecule has 0 saturated heterocycles. The summed E-state index contributed by atoms with van der Waals surface area (Å²) in [6.07, 6.45) is 15.1. The van der Waals surface area contributed by atoms with Crippen LogP contribution in [-0.4, -0.2) is 17.6 Å². The summed E-state index contributed by atoms with van der Waals surface area (Å²) < 4.78 is 16.6. The first-order valence-corrected chi connectivity index (χ1v) is 10.6. The average Bonchev–Trinajstić information content (AvgIpc) is 2.46. The Bertz CT molecular complexity index is 224. The zero-order valence-electron chi connectivity index (χ0n) is 13.6. The van der Waals surface area contributed by atoms with Crippen LogP contribution in [0.15, 0.2) is 0 Å². The molecule has 4 heteroatoms. The van der Waals surface area contributed by atoms with Crippen molar-refractivity contribution in [3.63, 3.8) is 0 Å². The van der Waals surface area contributed by atoms with E-state index in [1.54, 1.807) is 0 Å². The molecule has 0 radical (unpaired) electrons. The van der Waals surface area contributed by atoms with Crippen molar-refractivity contribution in [1.29, 1.82) is 0 Å². The maximum atomic E-state index is 12.3. The van der Waals surface area contributed by atoms with Crippen LogP contribution in [0.25, 0.3) is 0 Å². The van der Waals surface area contributed by atoms with Crippen LogP contribution in [0.2, 0.25) is 0 Å². The van der Waals surface area contributed by atoms with Crippen molar-refractivity contribution in [1.82, 2.24) is 0 Å². The third-order valence-electron chi connectivity index (χ3n) is 3.85. The van der Waals surface area contributed by atoms with E-state index < -0.39 is 7.37 Å². The summed E-state index contributed by atoms with van der Waals surface area (Å²) in [5.74, 6) is 0. The molecule has 0 amide bonds. The molecule has 0 unspecified atom stereocenters. The molecule has 0 aliphatic heterocycles. The van der Waals surface area contributed by atoms with E-state index >= 15 is 0 Å². The zero-order valence-corrected chi connectivity index (χ0v) is 14.5. The fourth-order valence-corrected chi connectivity index (χ4v) is 4.26. The molecular formula is C16H35O3P. The lowest BCUT2D eigenvalue weighted by molar-refractivity contribution is -0.135. The van der Waals surface area contributed by atoms with Gasteiger partial charge in [-0.2, -0.15) is 4.67 Å². The van der Waals surface area contributed by atoms with Crippen molar-refractivity contribution in [2.75, 3.05) is 12.3 Å². The van der Waals surface area contributed by atoms with E-state index in [0.717, 1.165) is 25.7 Å². The maximum absolute atomic E-state index is 12.3. The normalized spacial score (nSPS) is 11.9. The van der Waals surface area contributed by atoms with Crippen molar-refractivity contribution >= 4 is 7.37 Å². The van der Waals surface area contributed by atoms with Gasteiger partial charge in [-0.25, -0.2) is 5.26 Å². The van der Waals surface area contributed by atoms with Gasteiger partial charge in [0.25, 0.3) is 0 Å². The highest BCUT2D eigenvalue weighted by molar-refractivity contribution is 7.58. The van der Waals surface area contributed by atoms with Gasteiger partial charge in [0.2, 0.25) is 7.37 Å². The molecule has 0 saturated carbocycles. The molecule has 0 fully saturated rings. The fraction of sp³-hybridized carbons (Fsp3) is 1.00. The zero-order chi connectivity index (χ0) is 15.1. The second-order valence-corrected chi connectivity index (χ2v) is 8.57. The largest absolute Gasteiger partial charge is 0.290 e. The van der Waals surface area contributed by atoms with Crippen LogP contribution < -0.4 is 0 Å². The van der Waals surface area contributed by atoms with Crippen molar-refractivity contribution in [2.24, 2.45) is 0 Å². The maximum Gasteiger partial charge on any atom is 0.235 e. The van der Waals surface area contributed by atoms with Gasteiger partial charge >= 0.3 is 0 Å². The van der Waals surface area contributed by atoms with E-state index in [2.05, 4.69) is 18.5 Å². The second-order valence-electron chi connectivity index (χ2n) is 5.88. The summed E-state index contributed by atoms with van der Waals surface area (Å²) in [6.45, 7) is 4.41. The monoisotopic (exact) mass is 306 g/mol. The highest BCUT2D eigenvalue weighted by Gasteiger charge is 2.22. The number of hydrogen-bond donors (Lipinski definition) is 1. The lowest BCUT2D eigenvalue weighted by Crippen LogP contribution is -1.99. The van der Waals surface area contributed by atoms with Crippen LogP contribution >= 0.6 is 7.37 Å². The first kappa shape index (κ1) is 20.1. The Labute approximate surface area is 125 Å². The van der Waals surface area contributed by atoms with Gasteiger partial charge in [-0.05, 0) is 12.8 Å². The molecule has 0 bridgehead atoms. The summed E-state index contributed by atoms with van der Waals surface area (Å²) in [6, 6.07) is 0. The SMILES string of the molecule is CCCCCCCCP(=O)(CCCCCCCC)OO. The summed E-state index contributed by atoms with van der Waals surface area (Å²) in [4.78, 5) is 0. The van der Waals surface area contributed by atoms with Gasteiger partial charge in [0.05, 0.1) is 0 Å². The first-order valence-electron chi connectivity index (χ1n) is 8.59. The van der Waals surface area contributed by atoms with Crippen molar-refractivity contribution in [3.8, 4) is 0 Å². The summed E-state index contributed by atoms with van der Waals surface area (Å²) >= 11 is 0. The van der Waals surface area contributed by atoms with E-state index in [1.165, 1.54) is 51.4 Å². The van der Waals surface area contributed by atoms with Gasteiger partial charge in [-0.3, -0.25) is 4.57 Å². The molecule has 122 valence electrons. The average molecular weight is 306 g/mol. The Kier molecular flexibility index (Phi) is 14.2. The van der Waals surface area contributed by atoms with Crippen LogP contribution in [0, 0.1) is 0 Å². The van der Waals surface area contributed by atoms with Crippen molar-refractivity contribution < 1.29 is 14.5 Å². The minimum atomic E-state index is -2.76. The molecule has 20 heavy (non-hydrogen) atoms. The van der Waals surface area contributed by atoms with Gasteiger partial charge in [0.15, 0.2) is 0 Å². The minimum absolute atomic E-state index is 0.546. The van der Waals surface area contributed by atoms with Gasteiger partial charge in [0.1, 0.15) is 0 Å². The van der Waals surface area contributed by atoms with Gasteiger partial charge in [0, 0.05) is 12.3 Å². The van der Waals surface area contributed by atoms with E-state index in [4.69, 9.17) is 5.26 Å². The van der Waals surface area contributed by atoms with Crippen LogP contribution in [0.5, 0.6) is 0 Å². The molecule has 0 atom stereocenters. The standard InChI is InChI=1S/C16H35O3P/c1-3-5-7-9-11-13-15-20(18,19-17)16-14-12-10-8-6-4-2/h17H,3-16H2,1-2H3. The quantitative estimate of drug-likeness (QED) is 0.163. The molecule has 0 heterocycles. The molecule has 0 rings (SSSR count). The Morgan fingerprint density at radius 2 is 1.05 bits per heavy atom. The van der Waals surface area contributed by atoms with Crippen LogP contribution in [0.1, 0.15) is 90.9 Å². The molecular weight excluding hydrogens is 271 g/mol. The van der Waals surface area contributed by atoms with E-state index in [1.807, 2.05) is 0 Å². The molecule has 3 nitrogen and oxygen atoms in total. The molecule has 0 aromatic heterocycles. The number of unbranched alkanes of at least 4 members (excludes halogenated alkanes) is 10. The van der Waals surface area contributed by atoms with E-state index in [9.17, 15) is 4.57 Å². The Morgan fingerprint density at radius 1 is 0.700 bits per heavy atom. The number of hydrogen-bond acceptors (Lipinski definition) is 3. The molecule has 0 aliphatic rings. The third kappa shape index (κ3) is 11.9. The minimum Gasteiger partial charge on any atom is -0.290 e. The van der Waals surface area contributed by atoms with Crippen LogP contribution in [-0.2, 0) is 9.24 Å². The lowest BCUT2D eigenvalue weighted by atomic mass is 10.1. The van der Waals surface area contributed by atoms with E-state index in [-0.39, 0.29) is 0 Å². The van der Waals surface area contributed by atoms with Crippen molar-refractivity contribution in [2.45, 2.75) is 90.9 Å². The van der Waals surface area contributed by atoms with Crippen LogP contribution in [0.3, 0.4) is 0 Å². The molecule has 0 spiro atoms. The van der Waals surface area contributed by atoms with E-state index in [0.29, 0.717) is 12.3 Å². The molecule has 1 N–H and O–H groups in total. The van der Waals surface area contributed by atoms with Crippen LogP contribution in [0.4, 0.5) is 0 Å². The summed E-state index contributed by atoms with van der Waals surface area (Å²) in [5.41, 5.74) is 0. The Morgan fingerprint density at radius 3 is 1.40 bits per heavy atom. The smallest absolute Gasteiger partial charge is 0.235 e. The Hall–Kier alpha value is 0.150.